The lowest BCUT2D eigenvalue weighted by Gasteiger charge is -2.22. The second kappa shape index (κ2) is 4.68. The van der Waals surface area contributed by atoms with E-state index in [1.165, 1.54) is 14.0 Å². The van der Waals surface area contributed by atoms with Crippen molar-refractivity contribution in [3.8, 4) is 0 Å². The second-order valence-corrected chi connectivity index (χ2v) is 7.25. The Bertz CT molecular complexity index is 542. The molecule has 0 aliphatic carbocycles. The lowest BCUT2D eigenvalue weighted by Crippen LogP contribution is -2.47. The first kappa shape index (κ1) is 14.6. The van der Waals surface area contributed by atoms with Gasteiger partial charge in [-0.05, 0) is 27.7 Å². The van der Waals surface area contributed by atoms with Crippen LogP contribution in [0.15, 0.2) is 11.5 Å². The molecule has 1 rings (SSSR count). The molecule has 102 valence electrons. The Morgan fingerprint density at radius 1 is 1.44 bits per heavy atom. The van der Waals surface area contributed by atoms with Crippen molar-refractivity contribution in [1.29, 1.82) is 0 Å². The molecule has 1 aromatic rings. The fourth-order valence-electron chi connectivity index (χ4n) is 1.31. The van der Waals surface area contributed by atoms with Crippen LogP contribution >= 0.6 is 0 Å². The zero-order valence-corrected chi connectivity index (χ0v) is 11.9. The van der Waals surface area contributed by atoms with Crippen molar-refractivity contribution in [2.24, 2.45) is 7.05 Å². The van der Waals surface area contributed by atoms with E-state index in [2.05, 4.69) is 15.4 Å². The minimum absolute atomic E-state index is 0.209. The van der Waals surface area contributed by atoms with E-state index in [1.807, 2.05) is 0 Å². The molecule has 0 bridgehead atoms. The van der Waals surface area contributed by atoms with E-state index in [4.69, 9.17) is 0 Å². The Hall–Kier alpha value is -1.44. The predicted octanol–water partition coefficient (Wildman–Crippen LogP) is -0.108. The van der Waals surface area contributed by atoms with Crippen LogP contribution in [0, 0.1) is 0 Å². The molecule has 0 saturated heterocycles. The van der Waals surface area contributed by atoms with Gasteiger partial charge in [-0.15, -0.1) is 0 Å². The quantitative estimate of drug-likeness (QED) is 0.830. The van der Waals surface area contributed by atoms with Crippen LogP contribution in [0.2, 0.25) is 0 Å². The van der Waals surface area contributed by atoms with Crippen LogP contribution < -0.4 is 5.32 Å². The Morgan fingerprint density at radius 2 is 2.00 bits per heavy atom. The molecule has 1 N–H and O–H groups in total. The number of hydrogen-bond donors (Lipinski definition) is 1. The maximum absolute atomic E-state index is 12.2. The standard InChI is InChI=1S/C10H18N4O3S/c1-7(8(15)13-10(2,3)4)18(16,17)9-11-6-12-14(9)5/h6-7H,1-5H3,(H,13,15)/t7-/m0/s1. The molecular formula is C10H18N4O3S. The SMILES string of the molecule is C[C@@H](C(=O)NC(C)(C)C)S(=O)(=O)c1ncnn1C. The third-order valence-electron chi connectivity index (χ3n) is 2.26. The first-order valence-electron chi connectivity index (χ1n) is 5.45. The molecule has 1 heterocycles. The molecule has 0 aliphatic heterocycles. The molecule has 0 saturated carbocycles. The summed E-state index contributed by atoms with van der Waals surface area (Å²) in [5.41, 5.74) is -0.485. The summed E-state index contributed by atoms with van der Waals surface area (Å²) in [7, 11) is -2.35. The molecule has 1 aromatic heterocycles. The first-order chi connectivity index (χ1) is 8.05. The van der Waals surface area contributed by atoms with Gasteiger partial charge in [0.25, 0.3) is 0 Å². The summed E-state index contributed by atoms with van der Waals surface area (Å²) in [6, 6.07) is 0. The van der Waals surface area contributed by atoms with Gasteiger partial charge in [0.2, 0.25) is 20.9 Å². The number of aromatic nitrogens is 3. The molecule has 0 unspecified atom stereocenters. The molecule has 8 heteroatoms. The van der Waals surface area contributed by atoms with Gasteiger partial charge in [0.1, 0.15) is 11.6 Å². The number of carbonyl (C=O) groups is 1. The molecule has 18 heavy (non-hydrogen) atoms. The van der Waals surface area contributed by atoms with Crippen LogP contribution in [0.4, 0.5) is 0 Å². The van der Waals surface area contributed by atoms with Gasteiger partial charge in [-0.2, -0.15) is 5.10 Å². The number of rotatable bonds is 3. The second-order valence-electron chi connectivity index (χ2n) is 5.09. The van der Waals surface area contributed by atoms with Crippen molar-refractivity contribution < 1.29 is 13.2 Å². The monoisotopic (exact) mass is 274 g/mol. The molecule has 0 fully saturated rings. The minimum Gasteiger partial charge on any atom is -0.350 e. The zero-order valence-electron chi connectivity index (χ0n) is 11.1. The maximum Gasteiger partial charge on any atom is 0.246 e. The van der Waals surface area contributed by atoms with Crippen molar-refractivity contribution in [3.63, 3.8) is 0 Å². The highest BCUT2D eigenvalue weighted by Gasteiger charge is 2.34. The molecule has 1 atom stereocenters. The number of carbonyl (C=O) groups excluding carboxylic acids is 1. The van der Waals surface area contributed by atoms with Crippen molar-refractivity contribution in [1.82, 2.24) is 20.1 Å². The molecular weight excluding hydrogens is 256 g/mol. The Labute approximate surface area is 107 Å². The summed E-state index contributed by atoms with van der Waals surface area (Å²) in [4.78, 5) is 15.5. The van der Waals surface area contributed by atoms with E-state index in [-0.39, 0.29) is 5.16 Å². The summed E-state index contributed by atoms with van der Waals surface area (Å²) in [6.07, 6.45) is 1.14. The third-order valence-corrected chi connectivity index (χ3v) is 4.28. The smallest absolute Gasteiger partial charge is 0.246 e. The van der Waals surface area contributed by atoms with E-state index < -0.39 is 26.5 Å². The maximum atomic E-state index is 12.2. The summed E-state index contributed by atoms with van der Waals surface area (Å²) < 4.78 is 25.4. The van der Waals surface area contributed by atoms with Crippen LogP contribution in [0.25, 0.3) is 0 Å². The summed E-state index contributed by atoms with van der Waals surface area (Å²) in [5, 5.41) is 4.91. The highest BCUT2D eigenvalue weighted by Crippen LogP contribution is 2.13. The van der Waals surface area contributed by atoms with E-state index in [1.54, 1.807) is 20.8 Å². The van der Waals surface area contributed by atoms with Crippen LogP contribution in [0.3, 0.4) is 0 Å². The number of nitrogens with one attached hydrogen (secondary N) is 1. The molecule has 7 nitrogen and oxygen atoms in total. The first-order valence-corrected chi connectivity index (χ1v) is 7.00. The summed E-state index contributed by atoms with van der Waals surface area (Å²) in [6.45, 7) is 6.69. The summed E-state index contributed by atoms with van der Waals surface area (Å²) in [5.74, 6) is -0.550. The van der Waals surface area contributed by atoms with Gasteiger partial charge < -0.3 is 5.32 Å². The van der Waals surface area contributed by atoms with Crippen molar-refractivity contribution in [2.75, 3.05) is 0 Å². The number of sulfone groups is 1. The van der Waals surface area contributed by atoms with E-state index in [0.717, 1.165) is 11.0 Å². The minimum atomic E-state index is -3.82. The van der Waals surface area contributed by atoms with E-state index in [0.29, 0.717) is 0 Å². The van der Waals surface area contributed by atoms with Crippen LogP contribution in [0.5, 0.6) is 0 Å². The van der Waals surface area contributed by atoms with Crippen molar-refractivity contribution in [3.05, 3.63) is 6.33 Å². The average molecular weight is 274 g/mol. The lowest BCUT2D eigenvalue weighted by molar-refractivity contribution is -0.121. The molecule has 0 radical (unpaired) electrons. The van der Waals surface area contributed by atoms with E-state index >= 15 is 0 Å². The largest absolute Gasteiger partial charge is 0.350 e. The van der Waals surface area contributed by atoms with Gasteiger partial charge in [0, 0.05) is 12.6 Å². The number of hydrogen-bond acceptors (Lipinski definition) is 5. The Kier molecular flexibility index (Phi) is 3.80. The highest BCUT2D eigenvalue weighted by molar-refractivity contribution is 7.92. The van der Waals surface area contributed by atoms with Crippen molar-refractivity contribution in [2.45, 2.75) is 43.6 Å². The number of nitrogens with zero attached hydrogens (tertiary/aromatic N) is 3. The van der Waals surface area contributed by atoms with Gasteiger partial charge in [0.15, 0.2) is 0 Å². The molecule has 0 aromatic carbocycles. The summed E-state index contributed by atoms with van der Waals surface area (Å²) >= 11 is 0. The van der Waals surface area contributed by atoms with Gasteiger partial charge in [0.05, 0.1) is 0 Å². The van der Waals surface area contributed by atoms with Crippen LogP contribution in [0.1, 0.15) is 27.7 Å². The van der Waals surface area contributed by atoms with Crippen LogP contribution in [-0.4, -0.2) is 39.9 Å². The zero-order chi connectivity index (χ0) is 14.1. The van der Waals surface area contributed by atoms with Gasteiger partial charge in [-0.1, -0.05) is 0 Å². The predicted molar refractivity (Wildman–Crippen MR) is 65.5 cm³/mol. The average Bonchev–Trinajstić information content (AvgIpc) is 2.61. The molecule has 1 amide bonds. The number of aryl methyl sites for hydroxylation is 1. The fourth-order valence-corrected chi connectivity index (χ4v) is 2.58. The van der Waals surface area contributed by atoms with Gasteiger partial charge in [-0.25, -0.2) is 18.1 Å². The Balaban J connectivity index is 3.01. The fraction of sp³-hybridized carbons (Fsp3) is 0.700. The van der Waals surface area contributed by atoms with Crippen molar-refractivity contribution >= 4 is 15.7 Å². The van der Waals surface area contributed by atoms with Gasteiger partial charge in [-0.3, -0.25) is 4.79 Å². The lowest BCUT2D eigenvalue weighted by atomic mass is 10.1. The topological polar surface area (TPSA) is 93.9 Å². The molecule has 0 aliphatic rings. The third kappa shape index (κ3) is 3.06. The number of amides is 1. The van der Waals surface area contributed by atoms with E-state index in [9.17, 15) is 13.2 Å². The van der Waals surface area contributed by atoms with Crippen LogP contribution in [-0.2, 0) is 21.7 Å². The highest BCUT2D eigenvalue weighted by atomic mass is 32.2. The normalized spacial score (nSPS) is 14.3. The van der Waals surface area contributed by atoms with Gasteiger partial charge >= 0.3 is 0 Å². The Morgan fingerprint density at radius 3 is 2.39 bits per heavy atom. The molecule has 0 spiro atoms.